The van der Waals surface area contributed by atoms with Crippen molar-refractivity contribution in [1.29, 1.82) is 0 Å². The van der Waals surface area contributed by atoms with Crippen LogP contribution in [0.3, 0.4) is 0 Å². The van der Waals surface area contributed by atoms with E-state index in [2.05, 4.69) is 21.4 Å². The molecule has 0 aliphatic carbocycles. The molecule has 72 valence electrons. The van der Waals surface area contributed by atoms with E-state index in [1.807, 2.05) is 0 Å². The van der Waals surface area contributed by atoms with Gasteiger partial charge in [-0.25, -0.2) is 4.79 Å². The lowest BCUT2D eigenvalue weighted by atomic mass is 10.3. The van der Waals surface area contributed by atoms with E-state index in [9.17, 15) is 4.79 Å². The van der Waals surface area contributed by atoms with Crippen LogP contribution >= 0.6 is 0 Å². The number of hydrogen-bond acceptors (Lipinski definition) is 4. The normalized spacial score (nSPS) is 9.07. The molecular formula is C9H9N3O2. The number of carboxylic acids is 1. The fourth-order valence-corrected chi connectivity index (χ4v) is 0.888. The SMILES string of the molecule is C#CCCNc1nnccc1C(=O)O. The van der Waals surface area contributed by atoms with Gasteiger partial charge in [0, 0.05) is 13.0 Å². The first kappa shape index (κ1) is 9.99. The van der Waals surface area contributed by atoms with Gasteiger partial charge in [0.05, 0.1) is 6.20 Å². The Balaban J connectivity index is 2.75. The highest BCUT2D eigenvalue weighted by Crippen LogP contribution is 2.09. The lowest BCUT2D eigenvalue weighted by Gasteiger charge is -2.04. The maximum atomic E-state index is 10.7. The van der Waals surface area contributed by atoms with Gasteiger partial charge in [-0.05, 0) is 6.07 Å². The lowest BCUT2D eigenvalue weighted by Crippen LogP contribution is -2.09. The lowest BCUT2D eigenvalue weighted by molar-refractivity contribution is 0.0697. The molecule has 1 heterocycles. The van der Waals surface area contributed by atoms with Gasteiger partial charge in [-0.2, -0.15) is 5.10 Å². The third-order valence-corrected chi connectivity index (χ3v) is 1.51. The number of hydrogen-bond donors (Lipinski definition) is 2. The summed E-state index contributed by atoms with van der Waals surface area (Å²) in [6.45, 7) is 0.482. The van der Waals surface area contributed by atoms with Crippen LogP contribution in [-0.2, 0) is 0 Å². The number of nitrogens with one attached hydrogen (secondary N) is 1. The summed E-state index contributed by atoms with van der Waals surface area (Å²) >= 11 is 0. The van der Waals surface area contributed by atoms with Gasteiger partial charge >= 0.3 is 5.97 Å². The molecule has 0 aromatic carbocycles. The zero-order valence-corrected chi connectivity index (χ0v) is 7.40. The van der Waals surface area contributed by atoms with Crippen LogP contribution in [-0.4, -0.2) is 27.8 Å². The van der Waals surface area contributed by atoms with E-state index in [-0.39, 0.29) is 11.4 Å². The number of anilines is 1. The van der Waals surface area contributed by atoms with E-state index in [4.69, 9.17) is 11.5 Å². The van der Waals surface area contributed by atoms with Crippen molar-refractivity contribution in [2.75, 3.05) is 11.9 Å². The fourth-order valence-electron chi connectivity index (χ4n) is 0.888. The molecular weight excluding hydrogens is 182 g/mol. The van der Waals surface area contributed by atoms with Crippen LogP contribution in [0.4, 0.5) is 5.82 Å². The summed E-state index contributed by atoms with van der Waals surface area (Å²) < 4.78 is 0. The highest BCUT2D eigenvalue weighted by atomic mass is 16.4. The smallest absolute Gasteiger partial charge is 0.339 e. The van der Waals surface area contributed by atoms with Crippen LogP contribution in [0.15, 0.2) is 12.3 Å². The van der Waals surface area contributed by atoms with E-state index in [1.54, 1.807) is 0 Å². The number of aromatic nitrogens is 2. The Kier molecular flexibility index (Phi) is 3.44. The first-order valence-corrected chi connectivity index (χ1v) is 3.98. The average molecular weight is 191 g/mol. The monoisotopic (exact) mass is 191 g/mol. The molecule has 0 aliphatic rings. The van der Waals surface area contributed by atoms with Crippen LogP contribution in [0.25, 0.3) is 0 Å². The summed E-state index contributed by atoms with van der Waals surface area (Å²) in [7, 11) is 0. The van der Waals surface area contributed by atoms with Crippen molar-refractivity contribution in [3.8, 4) is 12.3 Å². The van der Waals surface area contributed by atoms with E-state index < -0.39 is 5.97 Å². The van der Waals surface area contributed by atoms with Crippen molar-refractivity contribution in [1.82, 2.24) is 10.2 Å². The summed E-state index contributed by atoms with van der Waals surface area (Å²) in [6, 6.07) is 1.38. The largest absolute Gasteiger partial charge is 0.478 e. The maximum absolute atomic E-state index is 10.7. The van der Waals surface area contributed by atoms with Crippen molar-refractivity contribution in [2.24, 2.45) is 0 Å². The number of nitrogens with zero attached hydrogens (tertiary/aromatic N) is 2. The standard InChI is InChI=1S/C9H9N3O2/c1-2-3-5-10-8-7(9(13)14)4-6-11-12-8/h1,4,6H,3,5H2,(H,10,12)(H,13,14). The van der Waals surface area contributed by atoms with Crippen molar-refractivity contribution in [3.63, 3.8) is 0 Å². The predicted octanol–water partition coefficient (Wildman–Crippen LogP) is 0.610. The Morgan fingerprint density at radius 1 is 1.71 bits per heavy atom. The Morgan fingerprint density at radius 3 is 3.14 bits per heavy atom. The molecule has 14 heavy (non-hydrogen) atoms. The third-order valence-electron chi connectivity index (χ3n) is 1.51. The van der Waals surface area contributed by atoms with Gasteiger partial charge in [0.25, 0.3) is 0 Å². The minimum Gasteiger partial charge on any atom is -0.478 e. The highest BCUT2D eigenvalue weighted by molar-refractivity contribution is 5.92. The summed E-state index contributed by atoms with van der Waals surface area (Å²) in [5, 5.41) is 18.8. The molecule has 0 unspecified atom stereocenters. The van der Waals surface area contributed by atoms with Gasteiger partial charge in [0.15, 0.2) is 5.82 Å². The number of aromatic carboxylic acids is 1. The van der Waals surface area contributed by atoms with Crippen molar-refractivity contribution < 1.29 is 9.90 Å². The molecule has 0 atom stereocenters. The molecule has 0 radical (unpaired) electrons. The number of carbonyl (C=O) groups is 1. The summed E-state index contributed by atoms with van der Waals surface area (Å²) in [6.07, 6.45) is 6.89. The number of terminal acetylenes is 1. The molecule has 0 saturated carbocycles. The molecule has 1 aromatic rings. The molecule has 5 nitrogen and oxygen atoms in total. The Morgan fingerprint density at radius 2 is 2.50 bits per heavy atom. The maximum Gasteiger partial charge on any atom is 0.339 e. The first-order chi connectivity index (χ1) is 6.75. The minimum absolute atomic E-state index is 0.0945. The molecule has 0 bridgehead atoms. The second-order valence-corrected chi connectivity index (χ2v) is 2.48. The molecule has 5 heteroatoms. The van der Waals surface area contributed by atoms with E-state index >= 15 is 0 Å². The zero-order valence-electron chi connectivity index (χ0n) is 7.40. The van der Waals surface area contributed by atoms with E-state index in [0.29, 0.717) is 13.0 Å². The molecule has 0 aliphatic heterocycles. The second kappa shape index (κ2) is 4.82. The molecule has 2 N–H and O–H groups in total. The van der Waals surface area contributed by atoms with Gasteiger partial charge in [0.1, 0.15) is 5.56 Å². The Hall–Kier alpha value is -2.09. The molecule has 0 amide bonds. The van der Waals surface area contributed by atoms with Crippen molar-refractivity contribution in [3.05, 3.63) is 17.8 Å². The zero-order chi connectivity index (χ0) is 10.4. The average Bonchev–Trinajstić information content (AvgIpc) is 2.19. The minimum atomic E-state index is -1.04. The Labute approximate surface area is 81.2 Å². The van der Waals surface area contributed by atoms with E-state index in [1.165, 1.54) is 12.3 Å². The molecule has 1 rings (SSSR count). The van der Waals surface area contributed by atoms with Gasteiger partial charge in [0.2, 0.25) is 0 Å². The third kappa shape index (κ3) is 2.45. The van der Waals surface area contributed by atoms with Gasteiger partial charge in [-0.3, -0.25) is 0 Å². The Bertz CT molecular complexity index is 371. The van der Waals surface area contributed by atoms with Gasteiger partial charge < -0.3 is 10.4 Å². The molecule has 0 saturated heterocycles. The predicted molar refractivity (Wildman–Crippen MR) is 50.9 cm³/mol. The fraction of sp³-hybridized carbons (Fsp3) is 0.222. The quantitative estimate of drug-likeness (QED) is 0.538. The van der Waals surface area contributed by atoms with Gasteiger partial charge in [-0.15, -0.1) is 17.4 Å². The highest BCUT2D eigenvalue weighted by Gasteiger charge is 2.09. The molecule has 1 aromatic heterocycles. The first-order valence-electron chi connectivity index (χ1n) is 3.98. The second-order valence-electron chi connectivity index (χ2n) is 2.48. The van der Waals surface area contributed by atoms with Crippen LogP contribution in [0.5, 0.6) is 0 Å². The molecule has 0 fully saturated rings. The van der Waals surface area contributed by atoms with Crippen LogP contribution in [0.2, 0.25) is 0 Å². The van der Waals surface area contributed by atoms with Crippen LogP contribution in [0.1, 0.15) is 16.8 Å². The summed E-state index contributed by atoms with van der Waals surface area (Å²) in [4.78, 5) is 10.7. The summed E-state index contributed by atoms with van der Waals surface area (Å²) in [5.41, 5.74) is 0.0945. The summed E-state index contributed by atoms with van der Waals surface area (Å²) in [5.74, 6) is 1.64. The topological polar surface area (TPSA) is 75.1 Å². The number of carboxylic acid groups (broad SMARTS) is 1. The number of rotatable bonds is 4. The molecule has 0 spiro atoms. The van der Waals surface area contributed by atoms with Crippen LogP contribution in [0, 0.1) is 12.3 Å². The van der Waals surface area contributed by atoms with Gasteiger partial charge in [-0.1, -0.05) is 0 Å². The van der Waals surface area contributed by atoms with E-state index in [0.717, 1.165) is 0 Å². The van der Waals surface area contributed by atoms with Crippen LogP contribution < -0.4 is 5.32 Å². The van der Waals surface area contributed by atoms with Crippen molar-refractivity contribution in [2.45, 2.75) is 6.42 Å². The van der Waals surface area contributed by atoms with Crippen molar-refractivity contribution >= 4 is 11.8 Å².